The van der Waals surface area contributed by atoms with Gasteiger partial charge in [0.05, 0.1) is 29.5 Å². The lowest BCUT2D eigenvalue weighted by atomic mass is 9.99. The number of halogens is 1. The predicted octanol–water partition coefficient (Wildman–Crippen LogP) is 5.04. The van der Waals surface area contributed by atoms with Crippen LogP contribution in [0.5, 0.6) is 0 Å². The van der Waals surface area contributed by atoms with Crippen molar-refractivity contribution in [1.29, 1.82) is 0 Å². The number of fused-ring (bicyclic) bond motifs is 1. The van der Waals surface area contributed by atoms with Crippen LogP contribution in [-0.2, 0) is 16.6 Å². The largest absolute Gasteiger partial charge is 0.395 e. The van der Waals surface area contributed by atoms with Crippen molar-refractivity contribution in [3.63, 3.8) is 0 Å². The van der Waals surface area contributed by atoms with Crippen molar-refractivity contribution in [2.75, 3.05) is 29.6 Å². The number of carbonyl (C=O) groups is 2. The molecule has 10 heteroatoms. The topological polar surface area (TPSA) is 107 Å². The minimum atomic E-state index is -3.67. The third-order valence-electron chi connectivity index (χ3n) is 7.00. The number of carbonyl (C=O) groups excluding carboxylic acids is 2. The van der Waals surface area contributed by atoms with Crippen LogP contribution in [-0.4, -0.2) is 55.1 Å². The first-order chi connectivity index (χ1) is 19.7. The number of hydrogen-bond acceptors (Lipinski definition) is 5. The van der Waals surface area contributed by atoms with Gasteiger partial charge in [-0.15, -0.1) is 0 Å². The number of benzene rings is 4. The number of nitrogens with one attached hydrogen (secondary N) is 1. The predicted molar refractivity (Wildman–Crippen MR) is 161 cm³/mol. The van der Waals surface area contributed by atoms with E-state index in [0.717, 1.165) is 17.4 Å². The summed E-state index contributed by atoms with van der Waals surface area (Å²) in [6.45, 7) is -0.508. The molecule has 0 radical (unpaired) electrons. The molecule has 0 saturated heterocycles. The van der Waals surface area contributed by atoms with Gasteiger partial charge in [-0.3, -0.25) is 9.59 Å². The summed E-state index contributed by atoms with van der Waals surface area (Å²) in [5.74, 6) is -0.781. The molecular weight excluding hydrogens is 562 g/mol. The highest BCUT2D eigenvalue weighted by atomic mass is 35.5. The van der Waals surface area contributed by atoms with Crippen LogP contribution in [0.15, 0.2) is 97.1 Å². The van der Waals surface area contributed by atoms with Gasteiger partial charge in [-0.05, 0) is 47.0 Å². The van der Waals surface area contributed by atoms with Gasteiger partial charge < -0.3 is 15.3 Å². The molecule has 0 aromatic heterocycles. The fraction of sp³-hybridized carbons (Fsp3) is 0.161. The summed E-state index contributed by atoms with van der Waals surface area (Å²) in [7, 11) is -3.67. The van der Waals surface area contributed by atoms with E-state index >= 15 is 0 Å². The molecule has 1 heterocycles. The SMILES string of the molecule is CS(=O)(=O)N1Cc2ccccc2N(C(=O)c2ccc(NC(=O)c3ccccc3-c3ccccc3)cc2Cl)C[C@H]1CO. The Hall–Kier alpha value is -4.02. The zero-order valence-electron chi connectivity index (χ0n) is 22.2. The number of amides is 2. The lowest BCUT2D eigenvalue weighted by Gasteiger charge is -2.29. The lowest BCUT2D eigenvalue weighted by molar-refractivity contribution is 0.0975. The fourth-order valence-electron chi connectivity index (χ4n) is 4.99. The molecule has 0 unspecified atom stereocenters. The van der Waals surface area contributed by atoms with Gasteiger partial charge in [-0.1, -0.05) is 78.3 Å². The summed E-state index contributed by atoms with van der Waals surface area (Å²) in [4.78, 5) is 28.5. The molecule has 1 atom stereocenters. The van der Waals surface area contributed by atoms with E-state index in [1.54, 1.807) is 42.5 Å². The highest BCUT2D eigenvalue weighted by molar-refractivity contribution is 7.88. The van der Waals surface area contributed by atoms with E-state index in [1.165, 1.54) is 21.3 Å². The van der Waals surface area contributed by atoms with Crippen molar-refractivity contribution in [3.8, 4) is 11.1 Å². The first kappa shape index (κ1) is 28.5. The maximum Gasteiger partial charge on any atom is 0.259 e. The fourth-order valence-corrected chi connectivity index (χ4v) is 6.30. The molecule has 0 saturated carbocycles. The van der Waals surface area contributed by atoms with Crippen molar-refractivity contribution in [2.45, 2.75) is 12.6 Å². The molecule has 1 aliphatic heterocycles. The molecule has 0 aliphatic carbocycles. The molecule has 4 aromatic carbocycles. The summed E-state index contributed by atoms with van der Waals surface area (Å²) in [5.41, 5.74) is 3.92. The van der Waals surface area contributed by atoms with Crippen molar-refractivity contribution in [1.82, 2.24) is 4.31 Å². The lowest BCUT2D eigenvalue weighted by Crippen LogP contribution is -2.47. The Kier molecular flexibility index (Phi) is 8.23. The second-order valence-electron chi connectivity index (χ2n) is 9.75. The number of aliphatic hydroxyl groups is 1. The van der Waals surface area contributed by atoms with E-state index in [-0.39, 0.29) is 29.6 Å². The van der Waals surface area contributed by atoms with Gasteiger partial charge in [-0.2, -0.15) is 4.31 Å². The van der Waals surface area contributed by atoms with Gasteiger partial charge in [0.1, 0.15) is 0 Å². The van der Waals surface area contributed by atoms with Crippen LogP contribution in [0.4, 0.5) is 11.4 Å². The summed E-state index contributed by atoms with van der Waals surface area (Å²) < 4.78 is 26.2. The van der Waals surface area contributed by atoms with Gasteiger partial charge in [0, 0.05) is 30.0 Å². The molecule has 2 N–H and O–H groups in total. The summed E-state index contributed by atoms with van der Waals surface area (Å²) in [5, 5.41) is 13.0. The van der Waals surface area contributed by atoms with E-state index in [2.05, 4.69) is 5.32 Å². The molecule has 5 rings (SSSR count). The van der Waals surface area contributed by atoms with E-state index < -0.39 is 28.6 Å². The number of rotatable bonds is 6. The summed E-state index contributed by atoms with van der Waals surface area (Å²) in [6.07, 6.45) is 1.08. The molecule has 0 spiro atoms. The van der Waals surface area contributed by atoms with Crippen LogP contribution in [0.3, 0.4) is 0 Å². The Morgan fingerprint density at radius 3 is 2.32 bits per heavy atom. The molecule has 1 aliphatic rings. The first-order valence-electron chi connectivity index (χ1n) is 12.9. The smallest absolute Gasteiger partial charge is 0.259 e. The molecular formula is C31H28ClN3O5S. The molecule has 2 amide bonds. The Balaban J connectivity index is 1.42. The molecule has 210 valence electrons. The van der Waals surface area contributed by atoms with Crippen molar-refractivity contribution in [3.05, 3.63) is 119 Å². The molecule has 0 bridgehead atoms. The number of para-hydroxylation sites is 1. The second-order valence-corrected chi connectivity index (χ2v) is 12.1. The normalized spacial score (nSPS) is 15.6. The van der Waals surface area contributed by atoms with Crippen LogP contribution in [0, 0.1) is 0 Å². The van der Waals surface area contributed by atoms with E-state index in [4.69, 9.17) is 11.6 Å². The monoisotopic (exact) mass is 589 g/mol. The van der Waals surface area contributed by atoms with Gasteiger partial charge in [0.2, 0.25) is 10.0 Å². The van der Waals surface area contributed by atoms with Crippen LogP contribution >= 0.6 is 11.6 Å². The average Bonchev–Trinajstić information content (AvgIpc) is 3.15. The third-order valence-corrected chi connectivity index (χ3v) is 8.60. The average molecular weight is 590 g/mol. The van der Waals surface area contributed by atoms with Gasteiger partial charge in [0.15, 0.2) is 0 Å². The highest BCUT2D eigenvalue weighted by Crippen LogP contribution is 2.32. The number of sulfonamides is 1. The Morgan fingerprint density at radius 2 is 1.61 bits per heavy atom. The molecule has 4 aromatic rings. The minimum absolute atomic E-state index is 0.0210. The van der Waals surface area contributed by atoms with Crippen LogP contribution in [0.2, 0.25) is 5.02 Å². The molecule has 41 heavy (non-hydrogen) atoms. The van der Waals surface area contributed by atoms with Gasteiger partial charge >= 0.3 is 0 Å². The number of aliphatic hydroxyl groups excluding tert-OH is 1. The maximum atomic E-state index is 13.8. The quantitative estimate of drug-likeness (QED) is 0.328. The second kappa shape index (κ2) is 11.8. The minimum Gasteiger partial charge on any atom is -0.395 e. The van der Waals surface area contributed by atoms with Gasteiger partial charge in [0.25, 0.3) is 11.8 Å². The summed E-state index contributed by atoms with van der Waals surface area (Å²) in [6, 6.07) is 27.7. The van der Waals surface area contributed by atoms with Crippen LogP contribution in [0.1, 0.15) is 26.3 Å². The standard InChI is InChI=1S/C31H28ClN3O5S/c1-41(39,40)35-18-22-11-5-8-14-29(22)34(19-24(35)20-36)31(38)27-16-15-23(17-28(27)32)33-30(37)26-13-7-6-12-25(26)21-9-3-2-4-10-21/h2-17,24,36H,18-20H2,1H3,(H,33,37)/t24-/m0/s1. The Morgan fingerprint density at radius 1 is 0.927 bits per heavy atom. The first-order valence-corrected chi connectivity index (χ1v) is 15.1. The zero-order chi connectivity index (χ0) is 29.1. The Labute approximate surface area is 243 Å². The maximum absolute atomic E-state index is 13.8. The van der Waals surface area contributed by atoms with E-state index in [1.807, 2.05) is 42.5 Å². The summed E-state index contributed by atoms with van der Waals surface area (Å²) >= 11 is 6.59. The molecule has 8 nitrogen and oxygen atoms in total. The van der Waals surface area contributed by atoms with Gasteiger partial charge in [-0.25, -0.2) is 8.42 Å². The van der Waals surface area contributed by atoms with Crippen molar-refractivity contribution in [2.24, 2.45) is 0 Å². The third kappa shape index (κ3) is 6.03. The zero-order valence-corrected chi connectivity index (χ0v) is 23.8. The van der Waals surface area contributed by atoms with Crippen molar-refractivity contribution < 1.29 is 23.1 Å². The van der Waals surface area contributed by atoms with E-state index in [0.29, 0.717) is 22.5 Å². The molecule has 0 fully saturated rings. The van der Waals surface area contributed by atoms with Crippen molar-refractivity contribution >= 4 is 44.8 Å². The number of nitrogens with zero attached hydrogens (tertiary/aromatic N) is 2. The number of anilines is 2. The van der Waals surface area contributed by atoms with Crippen LogP contribution in [0.25, 0.3) is 11.1 Å². The van der Waals surface area contributed by atoms with E-state index in [9.17, 15) is 23.1 Å². The number of hydrogen-bond donors (Lipinski definition) is 2. The van der Waals surface area contributed by atoms with Crippen LogP contribution < -0.4 is 10.2 Å². The Bertz CT molecular complexity index is 1710. The highest BCUT2D eigenvalue weighted by Gasteiger charge is 2.35.